The van der Waals surface area contributed by atoms with E-state index in [9.17, 15) is 4.79 Å². The summed E-state index contributed by atoms with van der Waals surface area (Å²) >= 11 is 0. The summed E-state index contributed by atoms with van der Waals surface area (Å²) in [4.78, 5) is 17.2. The summed E-state index contributed by atoms with van der Waals surface area (Å²) in [5, 5.41) is 6.58. The highest BCUT2D eigenvalue weighted by atomic mass is 16.5. The molecule has 170 valence electrons. The van der Waals surface area contributed by atoms with E-state index in [0.717, 1.165) is 56.3 Å². The number of hydrazone groups is 1. The van der Waals surface area contributed by atoms with Crippen LogP contribution >= 0.6 is 0 Å². The summed E-state index contributed by atoms with van der Waals surface area (Å²) < 4.78 is 13.0. The molecule has 0 fully saturated rings. The van der Waals surface area contributed by atoms with Crippen molar-refractivity contribution in [3.63, 3.8) is 0 Å². The van der Waals surface area contributed by atoms with Crippen molar-refractivity contribution in [2.75, 3.05) is 20.8 Å². The maximum atomic E-state index is 13.2. The molecule has 2 atom stereocenters. The van der Waals surface area contributed by atoms with E-state index < -0.39 is 0 Å². The van der Waals surface area contributed by atoms with E-state index in [0.29, 0.717) is 18.0 Å². The van der Waals surface area contributed by atoms with Crippen molar-refractivity contribution in [1.29, 1.82) is 0 Å². The van der Waals surface area contributed by atoms with Gasteiger partial charge in [-0.05, 0) is 43.9 Å². The standard InChI is InChI=1S/C25H32N4O3/c1-31-22-12-11-19(17-23(22)32-2)24-20-9-5-6-10-21(20)25(30)29(27-24)15-8-4-3-7-14-28-16-13-26-18-28/h5-6,11-13,16-18,20-21H,3-4,7-10,14-15H2,1-2H3. The third kappa shape index (κ3) is 4.87. The minimum Gasteiger partial charge on any atom is -0.493 e. The SMILES string of the molecule is COc1ccc(C2=NN(CCCCCCn3ccnc3)C(=O)C3CC=CCC23)cc1OC. The van der Waals surface area contributed by atoms with Crippen molar-refractivity contribution in [3.05, 3.63) is 54.6 Å². The fourth-order valence-electron chi connectivity index (χ4n) is 4.59. The molecule has 0 saturated carbocycles. The number of allylic oxidation sites excluding steroid dienone is 2. The number of fused-ring (bicyclic) bond motifs is 1. The second-order valence-corrected chi connectivity index (χ2v) is 8.39. The molecule has 1 amide bonds. The van der Waals surface area contributed by atoms with Crippen molar-refractivity contribution >= 4 is 11.6 Å². The third-order valence-corrected chi connectivity index (χ3v) is 6.36. The first-order chi connectivity index (χ1) is 15.7. The maximum absolute atomic E-state index is 13.2. The molecule has 32 heavy (non-hydrogen) atoms. The highest BCUT2D eigenvalue weighted by Gasteiger charge is 2.39. The van der Waals surface area contributed by atoms with Crippen LogP contribution in [0.25, 0.3) is 0 Å². The second kappa shape index (κ2) is 10.5. The summed E-state index contributed by atoms with van der Waals surface area (Å²) in [5.41, 5.74) is 1.96. The van der Waals surface area contributed by atoms with Crippen LogP contribution in [0.4, 0.5) is 0 Å². The van der Waals surface area contributed by atoms with E-state index in [4.69, 9.17) is 14.6 Å². The zero-order chi connectivity index (χ0) is 22.3. The van der Waals surface area contributed by atoms with E-state index in [2.05, 4.69) is 21.7 Å². The molecular formula is C25H32N4O3. The zero-order valence-corrected chi connectivity index (χ0v) is 18.9. The monoisotopic (exact) mass is 436 g/mol. The van der Waals surface area contributed by atoms with E-state index in [1.54, 1.807) is 19.2 Å². The molecule has 0 N–H and O–H groups in total. The van der Waals surface area contributed by atoms with Gasteiger partial charge in [0.05, 0.1) is 32.2 Å². The number of carbonyl (C=O) groups excluding carboxylic acids is 1. The topological polar surface area (TPSA) is 69.0 Å². The summed E-state index contributed by atoms with van der Waals surface area (Å²) in [6, 6.07) is 5.89. The minimum absolute atomic E-state index is 0.0400. The number of benzene rings is 1. The van der Waals surface area contributed by atoms with Gasteiger partial charge in [0.1, 0.15) is 0 Å². The summed E-state index contributed by atoms with van der Waals surface area (Å²) in [6.07, 6.45) is 15.8. The second-order valence-electron chi connectivity index (χ2n) is 8.39. The Morgan fingerprint density at radius 1 is 0.969 bits per heavy atom. The van der Waals surface area contributed by atoms with Gasteiger partial charge in [0.15, 0.2) is 11.5 Å². The lowest BCUT2D eigenvalue weighted by atomic mass is 9.76. The molecule has 1 aromatic carbocycles. The molecule has 2 aliphatic rings. The van der Waals surface area contributed by atoms with Crippen LogP contribution in [-0.2, 0) is 11.3 Å². The number of methoxy groups -OCH3 is 2. The Morgan fingerprint density at radius 3 is 2.44 bits per heavy atom. The van der Waals surface area contributed by atoms with Gasteiger partial charge < -0.3 is 14.0 Å². The van der Waals surface area contributed by atoms with Crippen LogP contribution in [0, 0.1) is 11.8 Å². The molecule has 0 spiro atoms. The molecular weight excluding hydrogens is 404 g/mol. The predicted octanol–water partition coefficient (Wildman–Crippen LogP) is 4.29. The molecule has 1 aromatic heterocycles. The van der Waals surface area contributed by atoms with Crippen LogP contribution in [0.3, 0.4) is 0 Å². The lowest BCUT2D eigenvalue weighted by Gasteiger charge is -2.37. The number of amides is 1. The minimum atomic E-state index is -0.0400. The Morgan fingerprint density at radius 2 is 1.72 bits per heavy atom. The third-order valence-electron chi connectivity index (χ3n) is 6.36. The largest absolute Gasteiger partial charge is 0.493 e. The van der Waals surface area contributed by atoms with Crippen molar-refractivity contribution in [1.82, 2.24) is 14.6 Å². The molecule has 2 aromatic rings. The number of unbranched alkanes of at least 4 members (excludes halogenated alkanes) is 3. The maximum Gasteiger partial charge on any atom is 0.246 e. The van der Waals surface area contributed by atoms with Gasteiger partial charge in [-0.2, -0.15) is 5.10 Å². The molecule has 7 nitrogen and oxygen atoms in total. The molecule has 0 bridgehead atoms. The first kappa shape index (κ1) is 22.1. The Labute approximate surface area is 189 Å². The number of carbonyl (C=O) groups is 1. The van der Waals surface area contributed by atoms with Crippen molar-refractivity contribution < 1.29 is 14.3 Å². The lowest BCUT2D eigenvalue weighted by molar-refractivity contribution is -0.137. The average molecular weight is 437 g/mol. The highest BCUT2D eigenvalue weighted by molar-refractivity contribution is 6.07. The smallest absolute Gasteiger partial charge is 0.246 e. The quantitative estimate of drug-likeness (QED) is 0.412. The Kier molecular flexibility index (Phi) is 7.24. The van der Waals surface area contributed by atoms with Crippen LogP contribution in [0.5, 0.6) is 11.5 Å². The van der Waals surface area contributed by atoms with E-state index >= 15 is 0 Å². The molecule has 1 aliphatic carbocycles. The lowest BCUT2D eigenvalue weighted by Crippen LogP contribution is -2.45. The van der Waals surface area contributed by atoms with Gasteiger partial charge in [-0.15, -0.1) is 0 Å². The fourth-order valence-corrected chi connectivity index (χ4v) is 4.59. The van der Waals surface area contributed by atoms with E-state index in [-0.39, 0.29) is 17.7 Å². The van der Waals surface area contributed by atoms with Gasteiger partial charge in [-0.1, -0.05) is 25.0 Å². The van der Waals surface area contributed by atoms with Crippen LogP contribution in [0.1, 0.15) is 44.1 Å². The van der Waals surface area contributed by atoms with Crippen molar-refractivity contribution in [2.45, 2.75) is 45.1 Å². The van der Waals surface area contributed by atoms with Crippen LogP contribution in [0.2, 0.25) is 0 Å². The van der Waals surface area contributed by atoms with Crippen LogP contribution in [0.15, 0.2) is 54.2 Å². The first-order valence-electron chi connectivity index (χ1n) is 11.4. The fraction of sp³-hybridized carbons (Fsp3) is 0.480. The van der Waals surface area contributed by atoms with Gasteiger partial charge in [-0.3, -0.25) is 4.79 Å². The molecule has 2 unspecified atom stereocenters. The Bertz CT molecular complexity index is 968. The zero-order valence-electron chi connectivity index (χ0n) is 18.9. The predicted molar refractivity (Wildman–Crippen MR) is 124 cm³/mol. The average Bonchev–Trinajstić information content (AvgIpc) is 3.36. The Balaban J connectivity index is 1.44. The van der Waals surface area contributed by atoms with Crippen LogP contribution < -0.4 is 9.47 Å². The summed E-state index contributed by atoms with van der Waals surface area (Å²) in [5.74, 6) is 1.59. The Hall–Kier alpha value is -3.09. The number of aryl methyl sites for hydroxylation is 1. The number of hydrogen-bond donors (Lipinski definition) is 0. The van der Waals surface area contributed by atoms with Gasteiger partial charge in [0.25, 0.3) is 0 Å². The van der Waals surface area contributed by atoms with Crippen molar-refractivity contribution in [2.24, 2.45) is 16.9 Å². The molecule has 1 aliphatic heterocycles. The number of hydrogen-bond acceptors (Lipinski definition) is 5. The van der Waals surface area contributed by atoms with E-state index in [1.165, 1.54) is 0 Å². The summed E-state index contributed by atoms with van der Waals surface area (Å²) in [7, 11) is 3.27. The summed E-state index contributed by atoms with van der Waals surface area (Å²) in [6.45, 7) is 1.65. The molecule has 0 saturated heterocycles. The number of rotatable bonds is 10. The molecule has 7 heteroatoms. The van der Waals surface area contributed by atoms with E-state index in [1.807, 2.05) is 36.9 Å². The van der Waals surface area contributed by atoms with Gasteiger partial charge >= 0.3 is 0 Å². The van der Waals surface area contributed by atoms with Crippen molar-refractivity contribution in [3.8, 4) is 11.5 Å². The molecule has 2 heterocycles. The molecule has 0 radical (unpaired) electrons. The van der Waals surface area contributed by atoms with Gasteiger partial charge in [0, 0.05) is 37.0 Å². The van der Waals surface area contributed by atoms with Gasteiger partial charge in [-0.25, -0.2) is 9.99 Å². The number of aromatic nitrogens is 2. The number of nitrogens with zero attached hydrogens (tertiary/aromatic N) is 4. The number of imidazole rings is 1. The first-order valence-corrected chi connectivity index (χ1v) is 11.4. The molecule has 4 rings (SSSR count). The highest BCUT2D eigenvalue weighted by Crippen LogP contribution is 2.37. The van der Waals surface area contributed by atoms with Gasteiger partial charge in [0.2, 0.25) is 5.91 Å². The normalized spacial score (nSPS) is 20.1. The number of ether oxygens (including phenoxy) is 2. The van der Waals surface area contributed by atoms with Crippen LogP contribution in [-0.4, -0.2) is 46.9 Å².